The van der Waals surface area contributed by atoms with Gasteiger partial charge >= 0.3 is 6.03 Å². The first-order valence-electron chi connectivity index (χ1n) is 6.21. The second kappa shape index (κ2) is 4.77. The lowest BCUT2D eigenvalue weighted by Crippen LogP contribution is -2.36. The largest absolute Gasteiger partial charge is 0.341 e. The predicted molar refractivity (Wildman–Crippen MR) is 74.1 cm³/mol. The summed E-state index contributed by atoms with van der Waals surface area (Å²) < 4.78 is 0. The van der Waals surface area contributed by atoms with Crippen LogP contribution in [0, 0.1) is 16.7 Å². The number of benzene rings is 1. The predicted octanol–water partition coefficient (Wildman–Crippen LogP) is 2.43. The van der Waals surface area contributed by atoms with Crippen LogP contribution in [0.15, 0.2) is 29.8 Å². The fourth-order valence-corrected chi connectivity index (χ4v) is 2.47. The minimum atomic E-state index is -0.310. The molecule has 0 saturated carbocycles. The smallest absolute Gasteiger partial charge is 0.319 e. The van der Waals surface area contributed by atoms with Gasteiger partial charge in [-0.1, -0.05) is 38.1 Å². The van der Waals surface area contributed by atoms with Gasteiger partial charge in [0.1, 0.15) is 0 Å². The van der Waals surface area contributed by atoms with Gasteiger partial charge in [-0.2, -0.15) is 5.26 Å². The molecule has 0 atom stereocenters. The number of carbonyl (C=O) groups is 1. The van der Waals surface area contributed by atoms with Gasteiger partial charge in [-0.15, -0.1) is 0 Å². The van der Waals surface area contributed by atoms with Crippen molar-refractivity contribution in [2.45, 2.75) is 20.3 Å². The Morgan fingerprint density at radius 1 is 1.37 bits per heavy atom. The van der Waals surface area contributed by atoms with Crippen LogP contribution in [-0.4, -0.2) is 13.1 Å². The molecule has 1 aromatic rings. The average Bonchev–Trinajstić information content (AvgIpc) is 2.37. The lowest BCUT2D eigenvalue weighted by molar-refractivity contribution is 0.246. The van der Waals surface area contributed by atoms with Crippen LogP contribution in [0.5, 0.6) is 0 Å². The highest BCUT2D eigenvalue weighted by Gasteiger charge is 2.34. The van der Waals surface area contributed by atoms with Gasteiger partial charge < -0.3 is 10.6 Å². The van der Waals surface area contributed by atoms with Gasteiger partial charge in [0.2, 0.25) is 0 Å². The maximum absolute atomic E-state index is 11.6. The van der Waals surface area contributed by atoms with E-state index in [2.05, 4.69) is 16.7 Å². The normalized spacial score (nSPS) is 16.3. The van der Waals surface area contributed by atoms with Gasteiger partial charge in [-0.25, -0.2) is 4.79 Å². The maximum atomic E-state index is 11.6. The van der Waals surface area contributed by atoms with Gasteiger partial charge in [0.05, 0.1) is 17.3 Å². The van der Waals surface area contributed by atoms with Crippen molar-refractivity contribution in [3.05, 3.63) is 41.0 Å². The molecule has 98 valence electrons. The quantitative estimate of drug-likeness (QED) is 0.809. The third-order valence-electron chi connectivity index (χ3n) is 3.42. The van der Waals surface area contributed by atoms with Crippen LogP contribution in [0.1, 0.15) is 25.0 Å². The zero-order valence-electron chi connectivity index (χ0n) is 11.4. The van der Waals surface area contributed by atoms with Crippen molar-refractivity contribution in [3.8, 4) is 6.07 Å². The standard InChI is InChI=1S/C15H17N3O/c1-15(2)8-10-6-4-5-7-11(10)13(12(15)9-16)18-14(19)17-3/h4-7H,8H2,1-3H3,(H2,17,18,19). The zero-order valence-corrected chi connectivity index (χ0v) is 11.4. The minimum absolute atomic E-state index is 0.278. The summed E-state index contributed by atoms with van der Waals surface area (Å²) in [6, 6.07) is 9.81. The Kier molecular flexibility index (Phi) is 3.30. The molecule has 2 N–H and O–H groups in total. The number of nitrogens with zero attached hydrogens (tertiary/aromatic N) is 1. The molecule has 19 heavy (non-hydrogen) atoms. The molecule has 0 aromatic heterocycles. The molecule has 4 heteroatoms. The number of urea groups is 1. The number of hydrogen-bond acceptors (Lipinski definition) is 2. The summed E-state index contributed by atoms with van der Waals surface area (Å²) in [7, 11) is 1.56. The lowest BCUT2D eigenvalue weighted by Gasteiger charge is -2.33. The Morgan fingerprint density at radius 3 is 2.68 bits per heavy atom. The SMILES string of the molecule is CNC(=O)NC1=C(C#N)C(C)(C)Cc2ccccc21. The van der Waals surface area contributed by atoms with Crippen LogP contribution in [0.25, 0.3) is 5.70 Å². The van der Waals surface area contributed by atoms with E-state index in [4.69, 9.17) is 0 Å². The van der Waals surface area contributed by atoms with E-state index in [-0.39, 0.29) is 11.4 Å². The lowest BCUT2D eigenvalue weighted by atomic mass is 9.72. The number of nitrogens with one attached hydrogen (secondary N) is 2. The summed E-state index contributed by atoms with van der Waals surface area (Å²) in [5.74, 6) is 0. The minimum Gasteiger partial charge on any atom is -0.341 e. The molecule has 2 rings (SSSR count). The molecule has 0 aliphatic heterocycles. The Labute approximate surface area is 113 Å². The van der Waals surface area contributed by atoms with Crippen molar-refractivity contribution in [1.29, 1.82) is 5.26 Å². The molecular weight excluding hydrogens is 238 g/mol. The Balaban J connectivity index is 2.61. The summed E-state index contributed by atoms with van der Waals surface area (Å²) >= 11 is 0. The maximum Gasteiger partial charge on any atom is 0.319 e. The van der Waals surface area contributed by atoms with Gasteiger partial charge in [-0.3, -0.25) is 0 Å². The van der Waals surface area contributed by atoms with Crippen LogP contribution < -0.4 is 10.6 Å². The molecule has 0 bridgehead atoms. The summed E-state index contributed by atoms with van der Waals surface area (Å²) in [5, 5.41) is 14.7. The monoisotopic (exact) mass is 255 g/mol. The van der Waals surface area contributed by atoms with Crippen LogP contribution in [0.4, 0.5) is 4.79 Å². The third-order valence-corrected chi connectivity index (χ3v) is 3.42. The van der Waals surface area contributed by atoms with E-state index in [1.54, 1.807) is 7.05 Å². The summed E-state index contributed by atoms with van der Waals surface area (Å²) in [4.78, 5) is 11.6. The number of hydrogen-bond donors (Lipinski definition) is 2. The molecular formula is C15H17N3O. The van der Waals surface area contributed by atoms with Crippen molar-refractivity contribution in [3.63, 3.8) is 0 Å². The second-order valence-electron chi connectivity index (χ2n) is 5.28. The van der Waals surface area contributed by atoms with Crippen LogP contribution in [0.3, 0.4) is 0 Å². The van der Waals surface area contributed by atoms with Crippen molar-refractivity contribution in [1.82, 2.24) is 10.6 Å². The molecule has 0 saturated heterocycles. The van der Waals surface area contributed by atoms with E-state index < -0.39 is 0 Å². The van der Waals surface area contributed by atoms with Gasteiger partial charge in [-0.05, 0) is 12.0 Å². The van der Waals surface area contributed by atoms with Crippen LogP contribution in [-0.2, 0) is 6.42 Å². The first-order chi connectivity index (χ1) is 8.99. The number of carbonyl (C=O) groups excluding carboxylic acids is 1. The molecule has 0 heterocycles. The molecule has 4 nitrogen and oxygen atoms in total. The molecule has 1 aliphatic rings. The van der Waals surface area contributed by atoms with E-state index >= 15 is 0 Å². The van der Waals surface area contributed by atoms with Crippen LogP contribution >= 0.6 is 0 Å². The molecule has 2 amide bonds. The summed E-state index contributed by atoms with van der Waals surface area (Å²) in [6.07, 6.45) is 0.797. The van der Waals surface area contributed by atoms with Crippen molar-refractivity contribution < 1.29 is 4.79 Å². The fraction of sp³-hybridized carbons (Fsp3) is 0.333. The van der Waals surface area contributed by atoms with Gasteiger partial charge in [0.15, 0.2) is 0 Å². The first kappa shape index (κ1) is 13.2. The van der Waals surface area contributed by atoms with E-state index in [0.29, 0.717) is 11.3 Å². The number of allylic oxidation sites excluding steroid dienone is 1. The number of fused-ring (bicyclic) bond motifs is 1. The van der Waals surface area contributed by atoms with Crippen molar-refractivity contribution in [2.24, 2.45) is 5.41 Å². The van der Waals surface area contributed by atoms with E-state index in [0.717, 1.165) is 17.5 Å². The third kappa shape index (κ3) is 2.32. The highest BCUT2D eigenvalue weighted by atomic mass is 16.2. The van der Waals surface area contributed by atoms with E-state index in [9.17, 15) is 10.1 Å². The molecule has 0 unspecified atom stereocenters. The summed E-state index contributed by atoms with van der Waals surface area (Å²) in [5.41, 5.74) is 3.04. The number of amides is 2. The molecule has 0 fully saturated rings. The van der Waals surface area contributed by atoms with Gasteiger partial charge in [0.25, 0.3) is 0 Å². The molecule has 1 aromatic carbocycles. The van der Waals surface area contributed by atoms with E-state index in [1.807, 2.05) is 38.1 Å². The number of nitriles is 1. The zero-order chi connectivity index (χ0) is 14.0. The fourth-order valence-electron chi connectivity index (χ4n) is 2.47. The van der Waals surface area contributed by atoms with Crippen molar-refractivity contribution in [2.75, 3.05) is 7.05 Å². The number of rotatable bonds is 1. The van der Waals surface area contributed by atoms with Gasteiger partial charge in [0, 0.05) is 18.0 Å². The average molecular weight is 255 g/mol. The highest BCUT2D eigenvalue weighted by molar-refractivity contribution is 5.89. The Morgan fingerprint density at radius 2 is 2.05 bits per heavy atom. The molecule has 0 radical (unpaired) electrons. The van der Waals surface area contributed by atoms with Crippen molar-refractivity contribution >= 4 is 11.7 Å². The summed E-state index contributed by atoms with van der Waals surface area (Å²) in [6.45, 7) is 4.04. The Bertz CT molecular complexity index is 594. The topological polar surface area (TPSA) is 64.9 Å². The second-order valence-corrected chi connectivity index (χ2v) is 5.28. The van der Waals surface area contributed by atoms with E-state index in [1.165, 1.54) is 0 Å². The Hall–Kier alpha value is -2.28. The first-order valence-corrected chi connectivity index (χ1v) is 6.21. The molecule has 1 aliphatic carbocycles. The van der Waals surface area contributed by atoms with Crippen LogP contribution in [0.2, 0.25) is 0 Å². The highest BCUT2D eigenvalue weighted by Crippen LogP contribution is 2.40. The molecule has 0 spiro atoms.